The van der Waals surface area contributed by atoms with Crippen molar-refractivity contribution in [2.75, 3.05) is 5.32 Å². The van der Waals surface area contributed by atoms with Gasteiger partial charge in [0.05, 0.1) is 11.8 Å². The van der Waals surface area contributed by atoms with E-state index in [1.165, 1.54) is 0 Å². The van der Waals surface area contributed by atoms with Gasteiger partial charge < -0.3 is 20.6 Å². The Balaban J connectivity index is 1.48. The fourth-order valence-corrected chi connectivity index (χ4v) is 3.33. The van der Waals surface area contributed by atoms with Crippen LogP contribution in [0.4, 0.5) is 5.69 Å². The molecule has 0 radical (unpaired) electrons. The SMILES string of the molecule is O=C1Nc2ccc(Cl)cc2/C1=C\c1ccc(C(=O)N/N=C/c2c(O)cc(O)cc2O)cc1. The molecule has 4 rings (SSSR count). The highest BCUT2D eigenvalue weighted by Crippen LogP contribution is 2.35. The van der Waals surface area contributed by atoms with Crippen LogP contribution in [0, 0.1) is 0 Å². The van der Waals surface area contributed by atoms with E-state index in [-0.39, 0.29) is 17.2 Å². The summed E-state index contributed by atoms with van der Waals surface area (Å²) >= 11 is 6.04. The molecule has 0 fully saturated rings. The third-order valence-corrected chi connectivity index (χ3v) is 4.96. The summed E-state index contributed by atoms with van der Waals surface area (Å²) in [6, 6.07) is 13.7. The van der Waals surface area contributed by atoms with Crippen molar-refractivity contribution < 1.29 is 24.9 Å². The lowest BCUT2D eigenvalue weighted by Crippen LogP contribution is -2.17. The molecule has 160 valence electrons. The number of aromatic hydroxyl groups is 3. The van der Waals surface area contributed by atoms with Crippen molar-refractivity contribution in [2.24, 2.45) is 5.10 Å². The fourth-order valence-electron chi connectivity index (χ4n) is 3.16. The summed E-state index contributed by atoms with van der Waals surface area (Å²) in [5.41, 5.74) is 5.11. The third kappa shape index (κ3) is 4.26. The van der Waals surface area contributed by atoms with Crippen LogP contribution in [-0.4, -0.2) is 33.3 Å². The summed E-state index contributed by atoms with van der Waals surface area (Å²) < 4.78 is 0. The van der Waals surface area contributed by atoms with Crippen molar-refractivity contribution in [3.8, 4) is 17.2 Å². The second kappa shape index (κ2) is 8.44. The van der Waals surface area contributed by atoms with Gasteiger partial charge in [-0.25, -0.2) is 5.43 Å². The Kier molecular flexibility index (Phi) is 5.53. The lowest BCUT2D eigenvalue weighted by molar-refractivity contribution is -0.110. The normalized spacial score (nSPS) is 13.9. The zero-order valence-corrected chi connectivity index (χ0v) is 17.1. The molecular weight excluding hydrogens is 434 g/mol. The molecule has 2 amide bonds. The molecule has 0 bridgehead atoms. The van der Waals surface area contributed by atoms with Crippen molar-refractivity contribution in [2.45, 2.75) is 0 Å². The number of carbonyl (C=O) groups excluding carboxylic acids is 2. The molecule has 8 nitrogen and oxygen atoms in total. The molecule has 1 aliphatic rings. The van der Waals surface area contributed by atoms with Crippen molar-refractivity contribution in [1.82, 2.24) is 5.43 Å². The minimum atomic E-state index is -0.519. The highest BCUT2D eigenvalue weighted by Gasteiger charge is 2.24. The maximum atomic E-state index is 12.3. The summed E-state index contributed by atoms with van der Waals surface area (Å²) in [5.74, 6) is -1.85. The van der Waals surface area contributed by atoms with Gasteiger partial charge in [-0.15, -0.1) is 0 Å². The molecule has 9 heteroatoms. The fraction of sp³-hybridized carbons (Fsp3) is 0. The van der Waals surface area contributed by atoms with Gasteiger partial charge >= 0.3 is 0 Å². The second-order valence-electron chi connectivity index (χ2n) is 6.92. The number of halogens is 1. The maximum Gasteiger partial charge on any atom is 0.271 e. The predicted octanol–water partition coefficient (Wildman–Crippen LogP) is 3.71. The molecule has 3 aromatic carbocycles. The third-order valence-electron chi connectivity index (χ3n) is 4.73. The van der Waals surface area contributed by atoms with E-state index in [9.17, 15) is 24.9 Å². The molecule has 32 heavy (non-hydrogen) atoms. The zero-order valence-electron chi connectivity index (χ0n) is 16.3. The molecule has 0 saturated carbocycles. The monoisotopic (exact) mass is 449 g/mol. The number of amides is 2. The summed E-state index contributed by atoms with van der Waals surface area (Å²) in [6.07, 6.45) is 2.76. The Labute approximate surface area is 187 Å². The molecule has 0 saturated heterocycles. The average molecular weight is 450 g/mol. The van der Waals surface area contributed by atoms with Gasteiger partial charge in [0, 0.05) is 39.5 Å². The second-order valence-corrected chi connectivity index (χ2v) is 7.36. The quantitative estimate of drug-likeness (QED) is 0.235. The number of carbonyl (C=O) groups is 2. The van der Waals surface area contributed by atoms with Gasteiger partial charge in [0.1, 0.15) is 17.2 Å². The number of nitrogens with one attached hydrogen (secondary N) is 2. The number of anilines is 1. The van der Waals surface area contributed by atoms with E-state index in [4.69, 9.17) is 11.6 Å². The first-order valence-corrected chi connectivity index (χ1v) is 9.71. The summed E-state index contributed by atoms with van der Waals surface area (Å²) in [5, 5.41) is 35.8. The van der Waals surface area contributed by atoms with Gasteiger partial charge in [-0.3, -0.25) is 9.59 Å². The molecule has 0 aromatic heterocycles. The lowest BCUT2D eigenvalue weighted by atomic mass is 10.0. The Morgan fingerprint density at radius 1 is 1.00 bits per heavy atom. The number of nitrogens with zero attached hydrogens (tertiary/aromatic N) is 1. The Hall–Kier alpha value is -4.30. The van der Waals surface area contributed by atoms with Crippen LogP contribution in [0.1, 0.15) is 27.0 Å². The van der Waals surface area contributed by atoms with E-state index in [0.29, 0.717) is 33.0 Å². The van der Waals surface area contributed by atoms with Crippen LogP contribution >= 0.6 is 11.6 Å². The molecule has 0 aliphatic carbocycles. The topological polar surface area (TPSA) is 131 Å². The van der Waals surface area contributed by atoms with Crippen molar-refractivity contribution in [1.29, 1.82) is 0 Å². The Bertz CT molecular complexity index is 1280. The number of hydrazone groups is 1. The first-order chi connectivity index (χ1) is 15.3. The van der Waals surface area contributed by atoms with Gasteiger partial charge in [-0.2, -0.15) is 5.10 Å². The first-order valence-electron chi connectivity index (χ1n) is 9.33. The van der Waals surface area contributed by atoms with Crippen LogP contribution in [0.2, 0.25) is 5.02 Å². The van der Waals surface area contributed by atoms with Gasteiger partial charge in [-0.05, 0) is 42.0 Å². The van der Waals surface area contributed by atoms with E-state index in [1.807, 2.05) is 0 Å². The molecule has 3 aromatic rings. The number of fused-ring (bicyclic) bond motifs is 1. The van der Waals surface area contributed by atoms with Crippen LogP contribution in [0.3, 0.4) is 0 Å². The van der Waals surface area contributed by atoms with Crippen molar-refractivity contribution in [3.05, 3.63) is 81.9 Å². The van der Waals surface area contributed by atoms with Crippen LogP contribution in [0.5, 0.6) is 17.2 Å². The van der Waals surface area contributed by atoms with Gasteiger partial charge in [0.25, 0.3) is 11.8 Å². The van der Waals surface area contributed by atoms with E-state index in [2.05, 4.69) is 15.8 Å². The number of hydrogen-bond acceptors (Lipinski definition) is 6. The summed E-state index contributed by atoms with van der Waals surface area (Å²) in [4.78, 5) is 24.6. The average Bonchev–Trinajstić information content (AvgIpc) is 3.05. The van der Waals surface area contributed by atoms with Gasteiger partial charge in [0.2, 0.25) is 0 Å². The van der Waals surface area contributed by atoms with Gasteiger partial charge in [0.15, 0.2) is 0 Å². The van der Waals surface area contributed by atoms with Gasteiger partial charge in [-0.1, -0.05) is 23.7 Å². The largest absolute Gasteiger partial charge is 0.508 e. The van der Waals surface area contributed by atoms with E-state index in [0.717, 1.165) is 18.3 Å². The highest BCUT2D eigenvalue weighted by atomic mass is 35.5. The summed E-state index contributed by atoms with van der Waals surface area (Å²) in [7, 11) is 0. The smallest absolute Gasteiger partial charge is 0.271 e. The number of phenolic OH excluding ortho intramolecular Hbond substituents is 3. The molecule has 5 N–H and O–H groups in total. The number of benzene rings is 3. The molecule has 1 aliphatic heterocycles. The Morgan fingerprint density at radius 2 is 1.69 bits per heavy atom. The molecule has 0 spiro atoms. The molecular formula is C23H16ClN3O5. The zero-order chi connectivity index (χ0) is 22.8. The number of rotatable bonds is 4. The molecule has 0 atom stereocenters. The predicted molar refractivity (Wildman–Crippen MR) is 121 cm³/mol. The summed E-state index contributed by atoms with van der Waals surface area (Å²) in [6.45, 7) is 0. The van der Waals surface area contributed by atoms with E-state index >= 15 is 0 Å². The van der Waals surface area contributed by atoms with Crippen LogP contribution in [0.15, 0.2) is 59.7 Å². The van der Waals surface area contributed by atoms with E-state index < -0.39 is 17.4 Å². The lowest BCUT2D eigenvalue weighted by Gasteiger charge is -2.04. The Morgan fingerprint density at radius 3 is 2.38 bits per heavy atom. The number of phenols is 3. The highest BCUT2D eigenvalue weighted by molar-refractivity contribution is 6.36. The maximum absolute atomic E-state index is 12.3. The minimum Gasteiger partial charge on any atom is -0.508 e. The number of hydrogen-bond donors (Lipinski definition) is 5. The minimum absolute atomic E-state index is 0.0553. The van der Waals surface area contributed by atoms with E-state index in [1.54, 1.807) is 48.5 Å². The van der Waals surface area contributed by atoms with Crippen molar-refractivity contribution >= 4 is 47.0 Å². The molecule has 0 unspecified atom stereocenters. The standard InChI is InChI=1S/C23H16ClN3O5/c24-14-5-6-19-16(8-14)17(23(32)26-19)7-12-1-3-13(4-2-12)22(31)27-25-11-18-20(29)9-15(28)10-21(18)30/h1-11,28-30H,(H,26,32)(H,27,31)/b17-7+,25-11+. The van der Waals surface area contributed by atoms with Crippen LogP contribution in [0.25, 0.3) is 11.6 Å². The first kappa shape index (κ1) is 21.0. The van der Waals surface area contributed by atoms with Crippen LogP contribution in [-0.2, 0) is 4.79 Å². The molecule has 1 heterocycles. The van der Waals surface area contributed by atoms with Crippen molar-refractivity contribution in [3.63, 3.8) is 0 Å². The van der Waals surface area contributed by atoms with Crippen LogP contribution < -0.4 is 10.7 Å².